The van der Waals surface area contributed by atoms with E-state index in [2.05, 4.69) is 20.9 Å². The average Bonchev–Trinajstić information content (AvgIpc) is 3.16. The highest BCUT2D eigenvalue weighted by Gasteiger charge is 2.25. The van der Waals surface area contributed by atoms with Crippen LogP contribution in [0, 0.1) is 17.6 Å². The van der Waals surface area contributed by atoms with Crippen molar-refractivity contribution in [3.8, 4) is 0 Å². The number of esters is 1. The fourth-order valence-electron chi connectivity index (χ4n) is 3.36. The zero-order valence-electron chi connectivity index (χ0n) is 19.6. The third-order valence-corrected chi connectivity index (χ3v) is 4.82. The van der Waals surface area contributed by atoms with Gasteiger partial charge in [0.1, 0.15) is 23.5 Å². The number of hydrogen-bond donors (Lipinski definition) is 2. The number of anilines is 2. The quantitative estimate of drug-likeness (QED) is 0.350. The summed E-state index contributed by atoms with van der Waals surface area (Å²) in [5.74, 6) is -3.17. The number of amides is 1. The molecule has 0 aliphatic carbocycles. The number of nitrogens with one attached hydrogen (secondary N) is 2. The highest BCUT2D eigenvalue weighted by Crippen LogP contribution is 2.32. The van der Waals surface area contributed by atoms with Crippen molar-refractivity contribution >= 4 is 28.9 Å². The number of hydroxylamine groups is 1. The number of benzene rings is 1. The lowest BCUT2D eigenvalue weighted by atomic mass is 10.00. The molecule has 2 heterocycles. The Morgan fingerprint density at radius 3 is 2.50 bits per heavy atom. The predicted molar refractivity (Wildman–Crippen MR) is 121 cm³/mol. The fourth-order valence-corrected chi connectivity index (χ4v) is 3.36. The molecule has 2 N–H and O–H groups in total. The van der Waals surface area contributed by atoms with Crippen LogP contribution in [0.25, 0.3) is 5.52 Å². The first kappa shape index (κ1) is 25.0. The summed E-state index contributed by atoms with van der Waals surface area (Å²) >= 11 is 0. The maximum absolute atomic E-state index is 14.6. The van der Waals surface area contributed by atoms with Gasteiger partial charge >= 0.3 is 5.97 Å². The van der Waals surface area contributed by atoms with Crippen molar-refractivity contribution in [2.24, 2.45) is 5.92 Å². The normalized spacial score (nSPS) is 11.3. The molecule has 182 valence electrons. The van der Waals surface area contributed by atoms with Gasteiger partial charge < -0.3 is 10.1 Å². The van der Waals surface area contributed by atoms with Gasteiger partial charge in [0.05, 0.1) is 30.0 Å². The molecule has 0 atom stereocenters. The number of hydrogen-bond acceptors (Lipinski definition) is 7. The number of aromatic nitrogens is 3. The van der Waals surface area contributed by atoms with Crippen LogP contribution in [-0.2, 0) is 9.57 Å². The van der Waals surface area contributed by atoms with Crippen LogP contribution in [0.15, 0.2) is 24.7 Å². The van der Waals surface area contributed by atoms with E-state index in [0.717, 1.165) is 6.07 Å². The maximum Gasteiger partial charge on any atom is 0.340 e. The SMILES string of the molecule is CCOC(=O)c1cn2ncnc(Nc3cc(C(=O)NOCC(C)C)c(F)cc3F)c2c1C(C)C. The van der Waals surface area contributed by atoms with Gasteiger partial charge in [0.25, 0.3) is 5.91 Å². The van der Waals surface area contributed by atoms with E-state index < -0.39 is 29.1 Å². The molecule has 3 rings (SSSR count). The largest absolute Gasteiger partial charge is 0.462 e. The second-order valence-corrected chi connectivity index (χ2v) is 8.31. The summed E-state index contributed by atoms with van der Waals surface area (Å²) in [7, 11) is 0. The summed E-state index contributed by atoms with van der Waals surface area (Å²) in [6.07, 6.45) is 2.74. The summed E-state index contributed by atoms with van der Waals surface area (Å²) < 4.78 is 35.6. The molecule has 0 radical (unpaired) electrons. The first-order valence-corrected chi connectivity index (χ1v) is 10.9. The smallest absolute Gasteiger partial charge is 0.340 e. The van der Waals surface area contributed by atoms with Gasteiger partial charge in [0.15, 0.2) is 5.82 Å². The second kappa shape index (κ2) is 10.6. The lowest BCUT2D eigenvalue weighted by Gasteiger charge is -2.13. The molecule has 1 amide bonds. The number of rotatable bonds is 9. The monoisotopic (exact) mass is 475 g/mol. The van der Waals surface area contributed by atoms with Gasteiger partial charge in [-0.25, -0.2) is 28.6 Å². The Labute approximate surface area is 195 Å². The first-order valence-electron chi connectivity index (χ1n) is 10.9. The number of carbonyl (C=O) groups excluding carboxylic acids is 2. The topological polar surface area (TPSA) is 107 Å². The maximum atomic E-state index is 14.6. The van der Waals surface area contributed by atoms with Crippen molar-refractivity contribution in [3.63, 3.8) is 0 Å². The summed E-state index contributed by atoms with van der Waals surface area (Å²) in [5.41, 5.74) is 2.89. The van der Waals surface area contributed by atoms with E-state index in [9.17, 15) is 18.4 Å². The van der Waals surface area contributed by atoms with E-state index in [0.29, 0.717) is 22.7 Å². The van der Waals surface area contributed by atoms with Gasteiger partial charge in [-0.3, -0.25) is 9.63 Å². The molecule has 34 heavy (non-hydrogen) atoms. The van der Waals surface area contributed by atoms with Crippen molar-refractivity contribution in [1.82, 2.24) is 20.1 Å². The van der Waals surface area contributed by atoms with Gasteiger partial charge in [0.2, 0.25) is 0 Å². The number of fused-ring (bicyclic) bond motifs is 1. The van der Waals surface area contributed by atoms with Crippen LogP contribution in [0.3, 0.4) is 0 Å². The molecule has 0 spiro atoms. The molecular weight excluding hydrogens is 448 g/mol. The number of carbonyl (C=O) groups is 2. The summed E-state index contributed by atoms with van der Waals surface area (Å²) in [5, 5.41) is 6.95. The van der Waals surface area contributed by atoms with Gasteiger partial charge in [-0.1, -0.05) is 27.7 Å². The van der Waals surface area contributed by atoms with Gasteiger partial charge in [-0.15, -0.1) is 0 Å². The number of nitrogens with zero attached hydrogens (tertiary/aromatic N) is 3. The molecule has 0 aliphatic heterocycles. The summed E-state index contributed by atoms with van der Waals surface area (Å²) in [6, 6.07) is 1.63. The highest BCUT2D eigenvalue weighted by atomic mass is 19.1. The van der Waals surface area contributed by atoms with Crippen LogP contribution >= 0.6 is 0 Å². The van der Waals surface area contributed by atoms with Crippen molar-refractivity contribution in [3.05, 3.63) is 53.0 Å². The Hall–Kier alpha value is -3.60. The highest BCUT2D eigenvalue weighted by molar-refractivity contribution is 5.97. The van der Waals surface area contributed by atoms with E-state index in [1.54, 1.807) is 6.92 Å². The molecule has 2 aromatic heterocycles. The van der Waals surface area contributed by atoms with Crippen LogP contribution in [0.1, 0.15) is 66.8 Å². The minimum Gasteiger partial charge on any atom is -0.462 e. The van der Waals surface area contributed by atoms with Crippen LogP contribution in [0.5, 0.6) is 0 Å². The Kier molecular flexibility index (Phi) is 7.77. The third kappa shape index (κ3) is 5.30. The van der Waals surface area contributed by atoms with Gasteiger partial charge in [-0.05, 0) is 24.8 Å². The van der Waals surface area contributed by atoms with E-state index in [1.165, 1.54) is 17.0 Å². The molecule has 1 aromatic carbocycles. The molecule has 0 bridgehead atoms. The summed E-state index contributed by atoms with van der Waals surface area (Å²) in [6.45, 7) is 9.67. The Bertz CT molecular complexity index is 1210. The van der Waals surface area contributed by atoms with Crippen molar-refractivity contribution in [2.45, 2.75) is 40.5 Å². The van der Waals surface area contributed by atoms with E-state index >= 15 is 0 Å². The molecule has 11 heteroatoms. The Balaban J connectivity index is 2.02. The summed E-state index contributed by atoms with van der Waals surface area (Å²) in [4.78, 5) is 34.1. The molecular formula is C23H27F2N5O4. The first-order chi connectivity index (χ1) is 16.1. The molecule has 0 unspecified atom stereocenters. The molecule has 0 fully saturated rings. The Morgan fingerprint density at radius 2 is 1.85 bits per heavy atom. The van der Waals surface area contributed by atoms with E-state index in [1.807, 2.05) is 27.7 Å². The molecule has 0 aliphatic rings. The minimum absolute atomic E-state index is 0.131. The molecule has 0 saturated carbocycles. The van der Waals surface area contributed by atoms with Crippen molar-refractivity contribution in [1.29, 1.82) is 0 Å². The van der Waals surface area contributed by atoms with Gasteiger partial charge in [0, 0.05) is 17.8 Å². The van der Waals surface area contributed by atoms with E-state index in [-0.39, 0.29) is 36.6 Å². The van der Waals surface area contributed by atoms with Crippen LogP contribution in [0.2, 0.25) is 0 Å². The van der Waals surface area contributed by atoms with Crippen LogP contribution in [0.4, 0.5) is 20.3 Å². The number of ether oxygens (including phenoxy) is 1. The second-order valence-electron chi connectivity index (χ2n) is 8.31. The zero-order chi connectivity index (χ0) is 25.0. The minimum atomic E-state index is -1.04. The lowest BCUT2D eigenvalue weighted by molar-refractivity contribution is 0.0205. The lowest BCUT2D eigenvalue weighted by Crippen LogP contribution is -2.26. The van der Waals surface area contributed by atoms with Crippen LogP contribution in [-0.4, -0.2) is 39.7 Å². The Morgan fingerprint density at radius 1 is 1.12 bits per heavy atom. The van der Waals surface area contributed by atoms with Gasteiger partial charge in [-0.2, -0.15) is 5.10 Å². The molecule has 3 aromatic rings. The van der Waals surface area contributed by atoms with E-state index in [4.69, 9.17) is 9.57 Å². The fraction of sp³-hybridized carbons (Fsp3) is 0.391. The average molecular weight is 475 g/mol. The number of halogens is 2. The van der Waals surface area contributed by atoms with Crippen molar-refractivity contribution < 1.29 is 27.9 Å². The third-order valence-electron chi connectivity index (χ3n) is 4.82. The predicted octanol–water partition coefficient (Wildman–Crippen LogP) is 4.37. The molecule has 9 nitrogen and oxygen atoms in total. The van der Waals surface area contributed by atoms with Crippen LogP contribution < -0.4 is 10.8 Å². The standard InChI is InChI=1S/C23H27F2N5O4/c1-6-33-23(32)15-9-30-20(19(15)13(4)5)21(26-11-27-30)28-18-7-14(16(24)8-17(18)25)22(31)29-34-10-12(2)3/h7-9,11-13H,6,10H2,1-5H3,(H,29,31)(H,26,27,28). The molecule has 0 saturated heterocycles. The van der Waals surface area contributed by atoms with Crippen molar-refractivity contribution in [2.75, 3.05) is 18.5 Å². The zero-order valence-corrected chi connectivity index (χ0v) is 19.6.